The molecule has 0 heterocycles. The van der Waals surface area contributed by atoms with E-state index in [0.717, 1.165) is 6.26 Å². The van der Waals surface area contributed by atoms with E-state index in [1.54, 1.807) is 18.2 Å². The Morgan fingerprint density at radius 1 is 1.47 bits per heavy atom. The van der Waals surface area contributed by atoms with Gasteiger partial charge < -0.3 is 5.11 Å². The minimum absolute atomic E-state index is 0.306. The standard InChI is InChI=1S/C9H10BrClO3S/c1-15(13,14)5-9(12)6-2-7(10)4-8(11)3-6/h2-4,9,12H,5H2,1H3. The number of aliphatic hydroxyl groups is 1. The lowest BCUT2D eigenvalue weighted by Crippen LogP contribution is -2.12. The molecule has 1 atom stereocenters. The van der Waals surface area contributed by atoms with Crippen LogP contribution in [0.5, 0.6) is 0 Å². The van der Waals surface area contributed by atoms with Gasteiger partial charge in [0.15, 0.2) is 0 Å². The van der Waals surface area contributed by atoms with Gasteiger partial charge in [-0.15, -0.1) is 0 Å². The van der Waals surface area contributed by atoms with Crippen LogP contribution < -0.4 is 0 Å². The van der Waals surface area contributed by atoms with Gasteiger partial charge in [0.2, 0.25) is 0 Å². The molecular weight excluding hydrogens is 304 g/mol. The number of hydrogen-bond acceptors (Lipinski definition) is 3. The first-order valence-electron chi connectivity index (χ1n) is 4.10. The summed E-state index contributed by atoms with van der Waals surface area (Å²) in [6.45, 7) is 0. The van der Waals surface area contributed by atoms with Gasteiger partial charge in [0.05, 0.1) is 11.9 Å². The largest absolute Gasteiger partial charge is 0.387 e. The van der Waals surface area contributed by atoms with Gasteiger partial charge in [0, 0.05) is 15.8 Å². The van der Waals surface area contributed by atoms with Gasteiger partial charge in [-0.2, -0.15) is 0 Å². The summed E-state index contributed by atoms with van der Waals surface area (Å²) in [5.74, 6) is -0.306. The molecule has 0 aromatic heterocycles. The van der Waals surface area contributed by atoms with Gasteiger partial charge in [-0.1, -0.05) is 27.5 Å². The molecule has 0 amide bonds. The topological polar surface area (TPSA) is 54.4 Å². The molecule has 3 nitrogen and oxygen atoms in total. The summed E-state index contributed by atoms with van der Waals surface area (Å²) < 4.78 is 22.7. The lowest BCUT2D eigenvalue weighted by Gasteiger charge is -2.10. The lowest BCUT2D eigenvalue weighted by molar-refractivity contribution is 0.202. The van der Waals surface area contributed by atoms with Gasteiger partial charge in [0.25, 0.3) is 0 Å². The highest BCUT2D eigenvalue weighted by atomic mass is 79.9. The van der Waals surface area contributed by atoms with Crippen molar-refractivity contribution in [3.63, 3.8) is 0 Å². The van der Waals surface area contributed by atoms with Crippen LogP contribution in [0, 0.1) is 0 Å². The number of rotatable bonds is 3. The van der Waals surface area contributed by atoms with E-state index in [0.29, 0.717) is 15.1 Å². The number of aliphatic hydroxyl groups excluding tert-OH is 1. The zero-order valence-corrected chi connectivity index (χ0v) is 11.1. The molecule has 0 radical (unpaired) electrons. The predicted molar refractivity (Wildman–Crippen MR) is 63.8 cm³/mol. The Bertz CT molecular complexity index is 438. The van der Waals surface area contributed by atoms with Crippen molar-refractivity contribution in [2.45, 2.75) is 6.10 Å². The number of sulfone groups is 1. The van der Waals surface area contributed by atoms with Gasteiger partial charge in [-0.05, 0) is 23.8 Å². The molecule has 0 saturated heterocycles. The van der Waals surface area contributed by atoms with E-state index in [1.165, 1.54) is 0 Å². The first kappa shape index (κ1) is 13.0. The van der Waals surface area contributed by atoms with Crippen molar-refractivity contribution >= 4 is 37.4 Å². The number of halogens is 2. The molecule has 0 fully saturated rings. The molecule has 84 valence electrons. The Kier molecular flexibility index (Phi) is 4.17. The van der Waals surface area contributed by atoms with Crippen LogP contribution in [0.4, 0.5) is 0 Å². The maximum Gasteiger partial charge on any atom is 0.150 e. The predicted octanol–water partition coefficient (Wildman–Crippen LogP) is 2.18. The van der Waals surface area contributed by atoms with E-state index < -0.39 is 15.9 Å². The molecule has 0 aliphatic carbocycles. The van der Waals surface area contributed by atoms with E-state index in [2.05, 4.69) is 15.9 Å². The zero-order chi connectivity index (χ0) is 11.6. The Labute approximate surface area is 102 Å². The van der Waals surface area contributed by atoms with E-state index in [4.69, 9.17) is 11.6 Å². The third-order valence-electron chi connectivity index (χ3n) is 1.73. The molecule has 1 unspecified atom stereocenters. The molecule has 1 rings (SSSR count). The summed E-state index contributed by atoms with van der Waals surface area (Å²) in [4.78, 5) is 0. The van der Waals surface area contributed by atoms with Crippen LogP contribution in [0.1, 0.15) is 11.7 Å². The van der Waals surface area contributed by atoms with Gasteiger partial charge in [0.1, 0.15) is 9.84 Å². The van der Waals surface area contributed by atoms with Crippen molar-refractivity contribution in [1.29, 1.82) is 0 Å². The van der Waals surface area contributed by atoms with Crippen LogP contribution in [-0.4, -0.2) is 25.5 Å². The highest BCUT2D eigenvalue weighted by Gasteiger charge is 2.15. The van der Waals surface area contributed by atoms with Crippen molar-refractivity contribution in [1.82, 2.24) is 0 Å². The van der Waals surface area contributed by atoms with Gasteiger partial charge >= 0.3 is 0 Å². The molecule has 6 heteroatoms. The first-order chi connectivity index (χ1) is 6.78. The molecule has 0 spiro atoms. The van der Waals surface area contributed by atoms with Gasteiger partial charge in [-0.3, -0.25) is 0 Å². The smallest absolute Gasteiger partial charge is 0.150 e. The second kappa shape index (κ2) is 4.82. The molecule has 1 aromatic rings. The van der Waals surface area contributed by atoms with Crippen LogP contribution >= 0.6 is 27.5 Å². The Morgan fingerprint density at radius 3 is 2.53 bits per heavy atom. The Balaban J connectivity index is 2.96. The van der Waals surface area contributed by atoms with Crippen molar-refractivity contribution < 1.29 is 13.5 Å². The summed E-state index contributed by atoms with van der Waals surface area (Å²) in [6, 6.07) is 4.85. The Hall–Kier alpha value is -0.100. The summed E-state index contributed by atoms with van der Waals surface area (Å²) in [5, 5.41) is 10.1. The average Bonchev–Trinajstić information content (AvgIpc) is 1.98. The molecule has 0 saturated carbocycles. The highest BCUT2D eigenvalue weighted by Crippen LogP contribution is 2.24. The SMILES string of the molecule is CS(=O)(=O)CC(O)c1cc(Cl)cc(Br)c1. The van der Waals surface area contributed by atoms with Gasteiger partial charge in [-0.25, -0.2) is 8.42 Å². The van der Waals surface area contributed by atoms with Crippen molar-refractivity contribution in [3.8, 4) is 0 Å². The summed E-state index contributed by atoms with van der Waals surface area (Å²) in [6.07, 6.45) is 0.0329. The molecule has 1 N–H and O–H groups in total. The number of hydrogen-bond donors (Lipinski definition) is 1. The molecule has 1 aromatic carbocycles. The van der Waals surface area contributed by atoms with Crippen LogP contribution in [-0.2, 0) is 9.84 Å². The van der Waals surface area contributed by atoms with Crippen LogP contribution in [0.2, 0.25) is 5.02 Å². The molecule has 0 aliphatic heterocycles. The minimum Gasteiger partial charge on any atom is -0.387 e. The second-order valence-electron chi connectivity index (χ2n) is 3.31. The first-order valence-corrected chi connectivity index (χ1v) is 7.33. The fraction of sp³-hybridized carbons (Fsp3) is 0.333. The lowest BCUT2D eigenvalue weighted by atomic mass is 10.1. The molecule has 0 aliphatic rings. The highest BCUT2D eigenvalue weighted by molar-refractivity contribution is 9.10. The van der Waals surface area contributed by atoms with E-state index >= 15 is 0 Å². The minimum atomic E-state index is -3.21. The summed E-state index contributed by atoms with van der Waals surface area (Å²) in [7, 11) is -3.21. The maximum atomic E-state index is 11.0. The quantitative estimate of drug-likeness (QED) is 0.930. The Morgan fingerprint density at radius 2 is 2.07 bits per heavy atom. The average molecular weight is 314 g/mol. The van der Waals surface area contributed by atoms with Crippen molar-refractivity contribution in [2.24, 2.45) is 0 Å². The monoisotopic (exact) mass is 312 g/mol. The maximum absolute atomic E-state index is 11.0. The normalized spacial score (nSPS) is 13.9. The number of benzene rings is 1. The molecule has 15 heavy (non-hydrogen) atoms. The zero-order valence-electron chi connectivity index (χ0n) is 7.94. The van der Waals surface area contributed by atoms with Crippen molar-refractivity contribution in [2.75, 3.05) is 12.0 Å². The van der Waals surface area contributed by atoms with E-state index in [9.17, 15) is 13.5 Å². The molecule has 0 bridgehead atoms. The second-order valence-corrected chi connectivity index (χ2v) is 6.85. The third kappa shape index (κ3) is 4.51. The summed E-state index contributed by atoms with van der Waals surface area (Å²) >= 11 is 8.99. The van der Waals surface area contributed by atoms with Crippen LogP contribution in [0.3, 0.4) is 0 Å². The van der Waals surface area contributed by atoms with E-state index in [1.807, 2.05) is 0 Å². The van der Waals surface area contributed by atoms with E-state index in [-0.39, 0.29) is 5.75 Å². The fourth-order valence-electron chi connectivity index (χ4n) is 1.15. The fourth-order valence-corrected chi connectivity index (χ4v) is 2.80. The third-order valence-corrected chi connectivity index (χ3v) is 3.33. The van der Waals surface area contributed by atoms with Crippen molar-refractivity contribution in [3.05, 3.63) is 33.3 Å². The molecular formula is C9H10BrClO3S. The van der Waals surface area contributed by atoms with Crippen LogP contribution in [0.15, 0.2) is 22.7 Å². The summed E-state index contributed by atoms with van der Waals surface area (Å²) in [5.41, 5.74) is 0.486. The van der Waals surface area contributed by atoms with Crippen LogP contribution in [0.25, 0.3) is 0 Å².